The number of hydrogen-bond acceptors (Lipinski definition) is 5. The number of carbonyl (C=O) groups is 2. The van der Waals surface area contributed by atoms with Gasteiger partial charge in [-0.15, -0.1) is 0 Å². The van der Waals surface area contributed by atoms with E-state index in [0.29, 0.717) is 11.3 Å². The Hall–Kier alpha value is -3.10. The normalized spacial score (nSPS) is 12.8. The number of hydrogen-bond donors (Lipinski definition) is 1. The molecule has 0 fully saturated rings. The average Bonchev–Trinajstić information content (AvgIpc) is 2.97. The summed E-state index contributed by atoms with van der Waals surface area (Å²) in [5.74, 6) is -0.724. The lowest BCUT2D eigenvalue weighted by atomic mass is 10.1. The second-order valence-corrected chi connectivity index (χ2v) is 5.34. The minimum Gasteiger partial charge on any atom is -0.449 e. The van der Waals surface area contributed by atoms with E-state index in [4.69, 9.17) is 9.26 Å². The topological polar surface area (TPSA) is 81.4 Å². The maximum Gasteiger partial charge on any atom is 0.416 e. The molecule has 0 aliphatic carbocycles. The summed E-state index contributed by atoms with van der Waals surface area (Å²) in [7, 11) is 0. The Balaban J connectivity index is 1.88. The summed E-state index contributed by atoms with van der Waals surface area (Å²) in [6.07, 6.45) is -3.22. The Bertz CT molecular complexity index is 810. The van der Waals surface area contributed by atoms with Gasteiger partial charge in [0.25, 0.3) is 5.91 Å². The monoisotopic (exact) mass is 368 g/mol. The molecule has 1 amide bonds. The molecule has 26 heavy (non-hydrogen) atoms. The van der Waals surface area contributed by atoms with Gasteiger partial charge in [0, 0.05) is 12.1 Å². The van der Waals surface area contributed by atoms with Gasteiger partial charge in [-0.05, 0) is 37.6 Å². The largest absolute Gasteiger partial charge is 0.449 e. The molecule has 0 saturated carbocycles. The van der Waals surface area contributed by atoms with E-state index in [-0.39, 0.29) is 5.82 Å². The van der Waals surface area contributed by atoms with Gasteiger partial charge in [-0.2, -0.15) is 13.2 Å². The summed E-state index contributed by atoms with van der Waals surface area (Å²) < 4.78 is 47.1. The summed E-state index contributed by atoms with van der Waals surface area (Å²) in [4.78, 5) is 23.6. The highest BCUT2D eigenvalue weighted by atomic mass is 19.4. The summed E-state index contributed by atoms with van der Waals surface area (Å²) >= 11 is 0. The Kier molecular flexibility index (Phi) is 5.81. The maximum atomic E-state index is 12.5. The number of rotatable bonds is 5. The smallest absolute Gasteiger partial charge is 0.416 e. The number of ether oxygens (including phenoxy) is 1. The van der Waals surface area contributed by atoms with Crippen LogP contribution >= 0.6 is 0 Å². The molecule has 1 atom stereocenters. The summed E-state index contributed by atoms with van der Waals surface area (Å²) in [6.45, 7) is 3.02. The predicted molar refractivity (Wildman–Crippen MR) is 85.9 cm³/mol. The zero-order chi connectivity index (χ0) is 19.3. The van der Waals surface area contributed by atoms with Crippen LogP contribution in [-0.4, -0.2) is 23.1 Å². The van der Waals surface area contributed by atoms with Crippen LogP contribution in [0.15, 0.2) is 40.9 Å². The first-order valence-corrected chi connectivity index (χ1v) is 7.45. The van der Waals surface area contributed by atoms with Crippen LogP contribution in [0.4, 0.5) is 19.0 Å². The highest BCUT2D eigenvalue weighted by molar-refractivity contribution is 5.96. The molecule has 2 rings (SSSR count). The molecule has 0 bridgehead atoms. The van der Waals surface area contributed by atoms with Crippen LogP contribution in [0.25, 0.3) is 6.08 Å². The number of aromatic nitrogens is 1. The second-order valence-electron chi connectivity index (χ2n) is 5.34. The van der Waals surface area contributed by atoms with Crippen molar-refractivity contribution in [2.24, 2.45) is 0 Å². The van der Waals surface area contributed by atoms with Crippen molar-refractivity contribution in [3.8, 4) is 0 Å². The first-order valence-electron chi connectivity index (χ1n) is 7.45. The average molecular weight is 368 g/mol. The SMILES string of the molecule is Cc1cc(NC(=O)[C@H](C)OC(=O)/C=C/c2ccc(C(F)(F)F)cc2)no1. The Morgan fingerprint density at radius 1 is 1.27 bits per heavy atom. The lowest BCUT2D eigenvalue weighted by Gasteiger charge is -2.10. The van der Waals surface area contributed by atoms with E-state index in [1.54, 1.807) is 6.92 Å². The Morgan fingerprint density at radius 2 is 1.92 bits per heavy atom. The molecule has 1 N–H and O–H groups in total. The fourth-order valence-electron chi connectivity index (χ4n) is 1.87. The van der Waals surface area contributed by atoms with Crippen molar-refractivity contribution in [1.29, 1.82) is 0 Å². The number of benzene rings is 1. The molecule has 0 aliphatic rings. The third kappa shape index (κ3) is 5.47. The first kappa shape index (κ1) is 19.2. The van der Waals surface area contributed by atoms with E-state index in [1.165, 1.54) is 31.2 Å². The van der Waals surface area contributed by atoms with Crippen molar-refractivity contribution in [2.75, 3.05) is 5.32 Å². The van der Waals surface area contributed by atoms with E-state index in [9.17, 15) is 22.8 Å². The van der Waals surface area contributed by atoms with Crippen LogP contribution in [0.3, 0.4) is 0 Å². The maximum absolute atomic E-state index is 12.5. The van der Waals surface area contributed by atoms with Gasteiger partial charge in [0.15, 0.2) is 11.9 Å². The van der Waals surface area contributed by atoms with Crippen LogP contribution in [0.5, 0.6) is 0 Å². The number of alkyl halides is 3. The number of nitrogens with zero attached hydrogens (tertiary/aromatic N) is 1. The van der Waals surface area contributed by atoms with E-state index in [1.807, 2.05) is 0 Å². The van der Waals surface area contributed by atoms with Gasteiger partial charge < -0.3 is 14.6 Å². The van der Waals surface area contributed by atoms with Gasteiger partial charge in [-0.1, -0.05) is 17.3 Å². The standard InChI is InChI=1S/C17H15F3N2O4/c1-10-9-14(22-26-10)21-16(24)11(2)25-15(23)8-5-12-3-6-13(7-4-12)17(18,19)20/h3-9,11H,1-2H3,(H,21,22,24)/b8-5+/t11-/m0/s1. The number of nitrogens with one attached hydrogen (secondary N) is 1. The number of aryl methyl sites for hydroxylation is 1. The van der Waals surface area contributed by atoms with Gasteiger partial charge in [-0.3, -0.25) is 4.79 Å². The van der Waals surface area contributed by atoms with E-state index >= 15 is 0 Å². The molecule has 1 heterocycles. The van der Waals surface area contributed by atoms with Crippen molar-refractivity contribution in [3.05, 3.63) is 53.3 Å². The first-order chi connectivity index (χ1) is 12.1. The van der Waals surface area contributed by atoms with Crippen molar-refractivity contribution in [3.63, 3.8) is 0 Å². The highest BCUT2D eigenvalue weighted by Crippen LogP contribution is 2.29. The Labute approximate surface area is 146 Å². The van der Waals surface area contributed by atoms with Crippen LogP contribution < -0.4 is 5.32 Å². The van der Waals surface area contributed by atoms with Crippen molar-refractivity contribution >= 4 is 23.8 Å². The number of amides is 1. The van der Waals surface area contributed by atoms with E-state index in [0.717, 1.165) is 18.2 Å². The fraction of sp³-hybridized carbons (Fsp3) is 0.235. The van der Waals surface area contributed by atoms with Crippen LogP contribution in [-0.2, 0) is 20.5 Å². The second kappa shape index (κ2) is 7.85. The molecule has 0 aliphatic heterocycles. The number of anilines is 1. The highest BCUT2D eigenvalue weighted by Gasteiger charge is 2.29. The molecule has 0 radical (unpaired) electrons. The molecule has 1 aromatic heterocycles. The molecular weight excluding hydrogens is 353 g/mol. The summed E-state index contributed by atoms with van der Waals surface area (Å²) in [6, 6.07) is 5.74. The van der Waals surface area contributed by atoms with Crippen LogP contribution in [0.1, 0.15) is 23.8 Å². The minimum absolute atomic E-state index is 0.190. The molecule has 0 spiro atoms. The van der Waals surface area contributed by atoms with Crippen LogP contribution in [0.2, 0.25) is 0 Å². The lowest BCUT2D eigenvalue weighted by Crippen LogP contribution is -2.29. The summed E-state index contributed by atoms with van der Waals surface area (Å²) in [5, 5.41) is 5.99. The molecular formula is C17H15F3N2O4. The minimum atomic E-state index is -4.42. The fourth-order valence-corrected chi connectivity index (χ4v) is 1.87. The summed E-state index contributed by atoms with van der Waals surface area (Å²) in [5.41, 5.74) is -0.407. The van der Waals surface area contributed by atoms with E-state index in [2.05, 4.69) is 10.5 Å². The van der Waals surface area contributed by atoms with Gasteiger partial charge in [-0.25, -0.2) is 4.79 Å². The van der Waals surface area contributed by atoms with Crippen LogP contribution in [0, 0.1) is 6.92 Å². The molecule has 138 valence electrons. The number of esters is 1. The molecule has 1 aromatic carbocycles. The molecule has 2 aromatic rings. The lowest BCUT2D eigenvalue weighted by molar-refractivity contribution is -0.148. The predicted octanol–water partition coefficient (Wildman–Crippen LogP) is 3.59. The third-order valence-corrected chi connectivity index (χ3v) is 3.19. The van der Waals surface area contributed by atoms with Crippen molar-refractivity contribution < 1.29 is 32.0 Å². The van der Waals surface area contributed by atoms with Crippen molar-refractivity contribution in [1.82, 2.24) is 5.16 Å². The molecule has 6 nitrogen and oxygen atoms in total. The number of carbonyl (C=O) groups excluding carboxylic acids is 2. The van der Waals surface area contributed by atoms with Gasteiger partial charge in [0.05, 0.1) is 5.56 Å². The number of halogens is 3. The third-order valence-electron chi connectivity index (χ3n) is 3.19. The zero-order valence-corrected chi connectivity index (χ0v) is 13.8. The van der Waals surface area contributed by atoms with Gasteiger partial charge in [0.2, 0.25) is 0 Å². The van der Waals surface area contributed by atoms with Gasteiger partial charge >= 0.3 is 12.1 Å². The van der Waals surface area contributed by atoms with E-state index < -0.39 is 29.7 Å². The van der Waals surface area contributed by atoms with Crippen molar-refractivity contribution in [2.45, 2.75) is 26.1 Å². The quantitative estimate of drug-likeness (QED) is 0.644. The Morgan fingerprint density at radius 3 is 2.46 bits per heavy atom. The zero-order valence-electron chi connectivity index (χ0n) is 13.8. The molecule has 0 saturated heterocycles. The van der Waals surface area contributed by atoms with Gasteiger partial charge in [0.1, 0.15) is 5.76 Å². The molecule has 9 heteroatoms. The molecule has 0 unspecified atom stereocenters.